The number of anilines is 2. The second kappa shape index (κ2) is 10.0. The highest BCUT2D eigenvalue weighted by atomic mass is 16.2. The van der Waals surface area contributed by atoms with E-state index in [2.05, 4.69) is 10.6 Å². The van der Waals surface area contributed by atoms with Crippen molar-refractivity contribution in [1.29, 1.82) is 0 Å². The fourth-order valence-electron chi connectivity index (χ4n) is 4.13. The summed E-state index contributed by atoms with van der Waals surface area (Å²) in [6.07, 6.45) is 1.79. The lowest BCUT2D eigenvalue weighted by Crippen LogP contribution is -2.50. The number of likely N-dealkylation sites (tertiary alicyclic amines) is 1. The molecule has 2 amide bonds. The van der Waals surface area contributed by atoms with Crippen LogP contribution in [0.3, 0.4) is 0 Å². The van der Waals surface area contributed by atoms with E-state index >= 15 is 0 Å². The van der Waals surface area contributed by atoms with Crippen molar-refractivity contribution in [1.82, 2.24) is 19.4 Å². The molecule has 0 bridgehead atoms. The summed E-state index contributed by atoms with van der Waals surface area (Å²) in [6.45, 7) is 5.50. The molecule has 10 nitrogen and oxygen atoms in total. The standard InChI is InChI=1S/C23H32N6O4/c1-14-7-9-17(10-8-14)26-22(32)25-12-16-6-5-11-29(13-16)15(2)19(30)18-20(24)27(3)23(33)28(4)21(18)31/h7-10,15-16H,5-6,11-13,24H2,1-4H3,(H2,25,26,32). The molecule has 0 radical (unpaired) electrons. The topological polar surface area (TPSA) is 131 Å². The van der Waals surface area contributed by atoms with Crippen LogP contribution >= 0.6 is 0 Å². The Morgan fingerprint density at radius 3 is 2.48 bits per heavy atom. The predicted molar refractivity (Wildman–Crippen MR) is 128 cm³/mol. The molecule has 1 aliphatic rings. The lowest BCUT2D eigenvalue weighted by atomic mass is 9.95. The van der Waals surface area contributed by atoms with E-state index in [4.69, 9.17) is 5.73 Å². The van der Waals surface area contributed by atoms with Crippen LogP contribution in [0, 0.1) is 12.8 Å². The molecule has 10 heteroatoms. The van der Waals surface area contributed by atoms with Crippen molar-refractivity contribution >= 4 is 23.3 Å². The van der Waals surface area contributed by atoms with Gasteiger partial charge in [-0.1, -0.05) is 17.7 Å². The number of benzene rings is 1. The first kappa shape index (κ1) is 24.2. The number of hydrogen-bond acceptors (Lipinski definition) is 6. The molecule has 3 rings (SSSR count). The van der Waals surface area contributed by atoms with Crippen molar-refractivity contribution in [3.63, 3.8) is 0 Å². The number of urea groups is 1. The minimum Gasteiger partial charge on any atom is -0.384 e. The van der Waals surface area contributed by atoms with Crippen molar-refractivity contribution in [2.75, 3.05) is 30.7 Å². The van der Waals surface area contributed by atoms with E-state index in [-0.39, 0.29) is 23.3 Å². The molecule has 1 saturated heterocycles. The number of carbonyl (C=O) groups is 2. The van der Waals surface area contributed by atoms with Crippen LogP contribution in [0.15, 0.2) is 33.9 Å². The third-order valence-corrected chi connectivity index (χ3v) is 6.29. The first-order valence-corrected chi connectivity index (χ1v) is 11.1. The Kier molecular flexibility index (Phi) is 7.37. The molecule has 0 spiro atoms. The highest BCUT2D eigenvalue weighted by Crippen LogP contribution is 2.20. The summed E-state index contributed by atoms with van der Waals surface area (Å²) >= 11 is 0. The minimum atomic E-state index is -0.685. The molecule has 2 aromatic rings. The normalized spacial score (nSPS) is 17.4. The Bertz CT molecular complexity index is 1150. The van der Waals surface area contributed by atoms with Gasteiger partial charge in [-0.2, -0.15) is 0 Å². The van der Waals surface area contributed by atoms with Crippen LogP contribution in [0.4, 0.5) is 16.3 Å². The Labute approximate surface area is 192 Å². The highest BCUT2D eigenvalue weighted by molar-refractivity contribution is 6.03. The van der Waals surface area contributed by atoms with Crippen molar-refractivity contribution in [3.8, 4) is 0 Å². The molecule has 1 aromatic heterocycles. The van der Waals surface area contributed by atoms with Gasteiger partial charge in [0.15, 0.2) is 5.78 Å². The third kappa shape index (κ3) is 5.33. The van der Waals surface area contributed by atoms with Gasteiger partial charge in [0.2, 0.25) is 0 Å². The Hall–Kier alpha value is -3.40. The maximum absolute atomic E-state index is 13.2. The van der Waals surface area contributed by atoms with Crippen LogP contribution in [0.5, 0.6) is 0 Å². The van der Waals surface area contributed by atoms with Crippen LogP contribution in [0.2, 0.25) is 0 Å². The molecule has 2 atom stereocenters. The number of nitrogens with two attached hydrogens (primary N) is 1. The molecular weight excluding hydrogens is 424 g/mol. The summed E-state index contributed by atoms with van der Waals surface area (Å²) in [6, 6.07) is 6.69. The fourth-order valence-corrected chi connectivity index (χ4v) is 4.13. The van der Waals surface area contributed by atoms with Crippen molar-refractivity contribution in [3.05, 3.63) is 56.2 Å². The average Bonchev–Trinajstić information content (AvgIpc) is 2.81. The predicted octanol–water partition coefficient (Wildman–Crippen LogP) is 1.08. The van der Waals surface area contributed by atoms with E-state index in [1.807, 2.05) is 36.1 Å². The maximum atomic E-state index is 13.2. The molecule has 0 aliphatic carbocycles. The van der Waals surface area contributed by atoms with Crippen molar-refractivity contribution in [2.45, 2.75) is 32.7 Å². The molecular formula is C23H32N6O4. The quantitative estimate of drug-likeness (QED) is 0.558. The van der Waals surface area contributed by atoms with Gasteiger partial charge in [0, 0.05) is 32.9 Å². The number of piperidine rings is 1. The number of amides is 2. The van der Waals surface area contributed by atoms with Crippen molar-refractivity contribution in [2.24, 2.45) is 20.0 Å². The summed E-state index contributed by atoms with van der Waals surface area (Å²) in [7, 11) is 2.76. The van der Waals surface area contributed by atoms with Crippen LogP contribution in [0.25, 0.3) is 0 Å². The van der Waals surface area contributed by atoms with Gasteiger partial charge in [-0.25, -0.2) is 9.59 Å². The van der Waals surface area contributed by atoms with Gasteiger partial charge >= 0.3 is 11.7 Å². The van der Waals surface area contributed by atoms with E-state index in [0.29, 0.717) is 19.6 Å². The zero-order valence-electron chi connectivity index (χ0n) is 19.6. The van der Waals surface area contributed by atoms with Gasteiger partial charge in [0.1, 0.15) is 11.4 Å². The number of hydrogen-bond donors (Lipinski definition) is 3. The largest absolute Gasteiger partial charge is 0.384 e. The SMILES string of the molecule is Cc1ccc(NC(=O)NCC2CCCN(C(C)C(=O)c3c(N)n(C)c(=O)n(C)c3=O)C2)cc1. The first-order valence-electron chi connectivity index (χ1n) is 11.1. The van der Waals surface area contributed by atoms with Gasteiger partial charge in [0.25, 0.3) is 5.56 Å². The number of nitrogen functional groups attached to an aromatic ring is 1. The maximum Gasteiger partial charge on any atom is 0.332 e. The number of Topliss-reactive ketones (excluding diaryl/α,β-unsaturated/α-hetero) is 1. The van der Waals surface area contributed by atoms with Gasteiger partial charge < -0.3 is 16.4 Å². The Morgan fingerprint density at radius 1 is 1.15 bits per heavy atom. The summed E-state index contributed by atoms with van der Waals surface area (Å²) in [5, 5.41) is 5.72. The summed E-state index contributed by atoms with van der Waals surface area (Å²) in [5.41, 5.74) is 6.37. The molecule has 33 heavy (non-hydrogen) atoms. The van der Waals surface area contributed by atoms with Gasteiger partial charge in [0.05, 0.1) is 6.04 Å². The van der Waals surface area contributed by atoms with Gasteiger partial charge in [-0.3, -0.25) is 23.6 Å². The molecule has 1 aliphatic heterocycles. The molecule has 178 valence electrons. The molecule has 1 aromatic carbocycles. The average molecular weight is 457 g/mol. The Morgan fingerprint density at radius 2 is 1.82 bits per heavy atom. The molecule has 2 unspecified atom stereocenters. The summed E-state index contributed by atoms with van der Waals surface area (Å²) in [4.78, 5) is 52.0. The Balaban J connectivity index is 1.62. The smallest absolute Gasteiger partial charge is 0.332 e. The second-order valence-corrected chi connectivity index (χ2v) is 8.71. The highest BCUT2D eigenvalue weighted by Gasteiger charge is 2.31. The number of carbonyl (C=O) groups excluding carboxylic acids is 2. The monoisotopic (exact) mass is 456 g/mol. The van der Waals surface area contributed by atoms with Gasteiger partial charge in [-0.15, -0.1) is 0 Å². The lowest BCUT2D eigenvalue weighted by molar-refractivity contribution is 0.0751. The number of aryl methyl sites for hydroxylation is 1. The number of nitrogens with zero attached hydrogens (tertiary/aromatic N) is 3. The number of aromatic nitrogens is 2. The van der Waals surface area contributed by atoms with Crippen LogP contribution < -0.4 is 27.6 Å². The third-order valence-electron chi connectivity index (χ3n) is 6.29. The van der Waals surface area contributed by atoms with Gasteiger partial charge in [-0.05, 0) is 51.3 Å². The fraction of sp³-hybridized carbons (Fsp3) is 0.478. The van der Waals surface area contributed by atoms with E-state index in [9.17, 15) is 19.2 Å². The van der Waals surface area contributed by atoms with E-state index in [1.165, 1.54) is 14.1 Å². The molecule has 4 N–H and O–H groups in total. The van der Waals surface area contributed by atoms with E-state index in [1.54, 1.807) is 6.92 Å². The lowest BCUT2D eigenvalue weighted by Gasteiger charge is -2.36. The van der Waals surface area contributed by atoms with E-state index in [0.717, 1.165) is 33.2 Å². The zero-order chi connectivity index (χ0) is 24.3. The molecule has 0 saturated carbocycles. The van der Waals surface area contributed by atoms with Crippen LogP contribution in [0.1, 0.15) is 35.7 Å². The second-order valence-electron chi connectivity index (χ2n) is 8.71. The molecule has 2 heterocycles. The molecule has 1 fully saturated rings. The van der Waals surface area contributed by atoms with Crippen LogP contribution in [-0.4, -0.2) is 51.5 Å². The number of rotatable bonds is 6. The summed E-state index contributed by atoms with van der Waals surface area (Å²) in [5.74, 6) is -0.365. The zero-order valence-corrected chi connectivity index (χ0v) is 19.6. The minimum absolute atomic E-state index is 0.122. The number of ketones is 1. The number of nitrogens with one attached hydrogen (secondary N) is 2. The van der Waals surface area contributed by atoms with E-state index < -0.39 is 23.1 Å². The van der Waals surface area contributed by atoms with Crippen LogP contribution in [-0.2, 0) is 14.1 Å². The first-order chi connectivity index (χ1) is 15.6. The van der Waals surface area contributed by atoms with Crippen molar-refractivity contribution < 1.29 is 9.59 Å². The summed E-state index contributed by atoms with van der Waals surface area (Å²) < 4.78 is 2.00.